The van der Waals surface area contributed by atoms with Gasteiger partial charge in [0.1, 0.15) is 11.5 Å². The van der Waals surface area contributed by atoms with Gasteiger partial charge in [-0.1, -0.05) is 28.1 Å². The SMILES string of the molecule is CC(C)Oc1cc(Br)ccc1C(=O)NCCc1ccc(OCC(=O)NC2CC2)cc1. The molecular weight excluding hydrogens is 448 g/mol. The lowest BCUT2D eigenvalue weighted by Gasteiger charge is -2.14. The zero-order valence-electron chi connectivity index (χ0n) is 17.2. The third-order valence-corrected chi connectivity index (χ3v) is 4.98. The number of hydrogen-bond donors (Lipinski definition) is 2. The molecule has 0 aliphatic heterocycles. The zero-order valence-corrected chi connectivity index (χ0v) is 18.8. The Morgan fingerprint density at radius 2 is 1.87 bits per heavy atom. The number of amides is 2. The number of carbonyl (C=O) groups excluding carboxylic acids is 2. The smallest absolute Gasteiger partial charge is 0.258 e. The van der Waals surface area contributed by atoms with E-state index < -0.39 is 0 Å². The van der Waals surface area contributed by atoms with Gasteiger partial charge in [0.25, 0.3) is 11.8 Å². The molecule has 3 rings (SSSR count). The van der Waals surface area contributed by atoms with E-state index in [-0.39, 0.29) is 24.5 Å². The maximum atomic E-state index is 12.6. The molecule has 2 amide bonds. The summed E-state index contributed by atoms with van der Waals surface area (Å²) in [5.74, 6) is 0.959. The Morgan fingerprint density at radius 3 is 2.53 bits per heavy atom. The first-order chi connectivity index (χ1) is 14.4. The molecule has 1 fully saturated rings. The molecule has 1 saturated carbocycles. The number of benzene rings is 2. The number of nitrogens with one attached hydrogen (secondary N) is 2. The van der Waals surface area contributed by atoms with Gasteiger partial charge in [-0.15, -0.1) is 0 Å². The Labute approximate surface area is 185 Å². The fourth-order valence-corrected chi connectivity index (χ4v) is 3.19. The molecule has 0 saturated heterocycles. The summed E-state index contributed by atoms with van der Waals surface area (Å²) < 4.78 is 12.1. The highest BCUT2D eigenvalue weighted by molar-refractivity contribution is 9.10. The van der Waals surface area contributed by atoms with Crippen molar-refractivity contribution in [2.45, 2.75) is 45.3 Å². The van der Waals surface area contributed by atoms with Crippen molar-refractivity contribution in [3.8, 4) is 11.5 Å². The largest absolute Gasteiger partial charge is 0.490 e. The van der Waals surface area contributed by atoms with E-state index in [0.29, 0.717) is 36.1 Å². The summed E-state index contributed by atoms with van der Waals surface area (Å²) in [7, 11) is 0. The molecular formula is C23H27BrN2O4. The first-order valence-electron chi connectivity index (χ1n) is 10.2. The first kappa shape index (κ1) is 22.2. The minimum absolute atomic E-state index is 0.0219. The molecule has 0 spiro atoms. The molecule has 2 aromatic carbocycles. The second-order valence-corrected chi connectivity index (χ2v) is 8.50. The Balaban J connectivity index is 1.45. The fraction of sp³-hybridized carbons (Fsp3) is 0.391. The van der Waals surface area contributed by atoms with Crippen molar-refractivity contribution in [3.05, 3.63) is 58.1 Å². The van der Waals surface area contributed by atoms with E-state index in [2.05, 4.69) is 26.6 Å². The highest BCUT2D eigenvalue weighted by Crippen LogP contribution is 2.25. The summed E-state index contributed by atoms with van der Waals surface area (Å²) in [5.41, 5.74) is 1.58. The van der Waals surface area contributed by atoms with Crippen LogP contribution in [0.3, 0.4) is 0 Å². The predicted molar refractivity (Wildman–Crippen MR) is 119 cm³/mol. The lowest BCUT2D eigenvalue weighted by molar-refractivity contribution is -0.123. The van der Waals surface area contributed by atoms with Crippen LogP contribution in [0.4, 0.5) is 0 Å². The lowest BCUT2D eigenvalue weighted by atomic mass is 10.1. The van der Waals surface area contributed by atoms with E-state index in [1.165, 1.54) is 0 Å². The van der Waals surface area contributed by atoms with Crippen LogP contribution >= 0.6 is 15.9 Å². The molecule has 0 atom stereocenters. The van der Waals surface area contributed by atoms with Crippen LogP contribution in [0.1, 0.15) is 42.6 Å². The van der Waals surface area contributed by atoms with Crippen LogP contribution in [0.15, 0.2) is 46.9 Å². The molecule has 2 aromatic rings. The summed E-state index contributed by atoms with van der Waals surface area (Å²) in [6.07, 6.45) is 2.78. The Kier molecular flexibility index (Phi) is 7.74. The lowest BCUT2D eigenvalue weighted by Crippen LogP contribution is -2.30. The van der Waals surface area contributed by atoms with Crippen molar-refractivity contribution in [2.75, 3.05) is 13.2 Å². The van der Waals surface area contributed by atoms with Crippen molar-refractivity contribution in [1.29, 1.82) is 0 Å². The van der Waals surface area contributed by atoms with Crippen LogP contribution < -0.4 is 20.1 Å². The maximum absolute atomic E-state index is 12.6. The average molecular weight is 475 g/mol. The minimum Gasteiger partial charge on any atom is -0.490 e. The van der Waals surface area contributed by atoms with Crippen LogP contribution in [-0.2, 0) is 11.2 Å². The average Bonchev–Trinajstić information content (AvgIpc) is 3.51. The molecule has 1 aliphatic rings. The topological polar surface area (TPSA) is 76.7 Å². The molecule has 0 aromatic heterocycles. The fourth-order valence-electron chi connectivity index (χ4n) is 2.85. The van der Waals surface area contributed by atoms with Gasteiger partial charge in [-0.25, -0.2) is 0 Å². The van der Waals surface area contributed by atoms with Crippen molar-refractivity contribution < 1.29 is 19.1 Å². The van der Waals surface area contributed by atoms with Gasteiger partial charge in [0.05, 0.1) is 11.7 Å². The molecule has 0 unspecified atom stereocenters. The number of ether oxygens (including phenoxy) is 2. The zero-order chi connectivity index (χ0) is 21.5. The van der Waals surface area contributed by atoms with Crippen LogP contribution in [0.5, 0.6) is 11.5 Å². The quantitative estimate of drug-likeness (QED) is 0.547. The van der Waals surface area contributed by atoms with E-state index in [1.807, 2.05) is 44.2 Å². The van der Waals surface area contributed by atoms with Crippen LogP contribution in [0.25, 0.3) is 0 Å². The molecule has 0 heterocycles. The third kappa shape index (κ3) is 7.06. The highest BCUT2D eigenvalue weighted by atomic mass is 79.9. The second kappa shape index (κ2) is 10.5. The Hall–Kier alpha value is -2.54. The number of rotatable bonds is 10. The molecule has 0 radical (unpaired) electrons. The van der Waals surface area contributed by atoms with Gasteiger partial charge in [0, 0.05) is 17.1 Å². The van der Waals surface area contributed by atoms with Gasteiger partial charge in [0.2, 0.25) is 0 Å². The van der Waals surface area contributed by atoms with Crippen molar-refractivity contribution in [2.24, 2.45) is 0 Å². The third-order valence-electron chi connectivity index (χ3n) is 4.49. The summed E-state index contributed by atoms with van der Waals surface area (Å²) >= 11 is 3.41. The maximum Gasteiger partial charge on any atom is 0.258 e. The molecule has 1 aliphatic carbocycles. The van der Waals surface area contributed by atoms with Crippen molar-refractivity contribution in [1.82, 2.24) is 10.6 Å². The van der Waals surface area contributed by atoms with Gasteiger partial charge < -0.3 is 20.1 Å². The molecule has 160 valence electrons. The molecule has 6 nitrogen and oxygen atoms in total. The number of hydrogen-bond acceptors (Lipinski definition) is 4. The van der Waals surface area contributed by atoms with E-state index >= 15 is 0 Å². The van der Waals surface area contributed by atoms with Gasteiger partial charge >= 0.3 is 0 Å². The van der Waals surface area contributed by atoms with Gasteiger partial charge in [-0.2, -0.15) is 0 Å². The molecule has 0 bridgehead atoms. The van der Waals surface area contributed by atoms with E-state index in [9.17, 15) is 9.59 Å². The second-order valence-electron chi connectivity index (χ2n) is 7.59. The molecule has 30 heavy (non-hydrogen) atoms. The normalized spacial score (nSPS) is 13.1. The Morgan fingerprint density at radius 1 is 1.13 bits per heavy atom. The van der Waals surface area contributed by atoms with Crippen LogP contribution in [0, 0.1) is 0 Å². The number of halogens is 1. The van der Waals surface area contributed by atoms with Crippen LogP contribution in [0.2, 0.25) is 0 Å². The summed E-state index contributed by atoms with van der Waals surface area (Å²) in [6, 6.07) is 13.3. The van der Waals surface area contributed by atoms with E-state index in [0.717, 1.165) is 22.9 Å². The first-order valence-corrected chi connectivity index (χ1v) is 11.0. The Bertz CT molecular complexity index is 879. The summed E-state index contributed by atoms with van der Waals surface area (Å²) in [4.78, 5) is 24.2. The van der Waals surface area contributed by atoms with Crippen molar-refractivity contribution in [3.63, 3.8) is 0 Å². The van der Waals surface area contributed by atoms with Crippen LogP contribution in [-0.4, -0.2) is 37.1 Å². The van der Waals surface area contributed by atoms with E-state index in [4.69, 9.17) is 9.47 Å². The predicted octanol–water partition coefficient (Wildman–Crippen LogP) is 3.87. The summed E-state index contributed by atoms with van der Waals surface area (Å²) in [5, 5.41) is 5.83. The van der Waals surface area contributed by atoms with Crippen molar-refractivity contribution >= 4 is 27.7 Å². The van der Waals surface area contributed by atoms with E-state index in [1.54, 1.807) is 12.1 Å². The van der Waals surface area contributed by atoms with Gasteiger partial charge in [0.15, 0.2) is 6.61 Å². The standard InChI is InChI=1S/C23H27BrN2O4/c1-15(2)30-21-13-17(24)5-10-20(21)23(28)25-12-11-16-3-8-19(9-4-16)29-14-22(27)26-18-6-7-18/h3-5,8-10,13,15,18H,6-7,11-12,14H2,1-2H3,(H,25,28)(H,26,27). The van der Waals surface area contributed by atoms with Gasteiger partial charge in [-0.3, -0.25) is 9.59 Å². The highest BCUT2D eigenvalue weighted by Gasteiger charge is 2.23. The monoisotopic (exact) mass is 474 g/mol. The van der Waals surface area contributed by atoms with Gasteiger partial charge in [-0.05, 0) is 69.0 Å². The molecule has 2 N–H and O–H groups in total. The summed E-state index contributed by atoms with van der Waals surface area (Å²) in [6.45, 7) is 4.38. The molecule has 7 heteroatoms. The minimum atomic E-state index is -0.167. The number of carbonyl (C=O) groups is 2.